The molecule has 24 heavy (non-hydrogen) atoms. The molecule has 0 saturated carbocycles. The van der Waals surface area contributed by atoms with Crippen molar-refractivity contribution in [3.05, 3.63) is 34.9 Å². The summed E-state index contributed by atoms with van der Waals surface area (Å²) < 4.78 is 4.73. The first-order chi connectivity index (χ1) is 11.3. The van der Waals surface area contributed by atoms with E-state index in [4.69, 9.17) is 4.74 Å². The summed E-state index contributed by atoms with van der Waals surface area (Å²) >= 11 is 0. The zero-order valence-electron chi connectivity index (χ0n) is 15.9. The van der Waals surface area contributed by atoms with E-state index in [0.717, 1.165) is 25.7 Å². The first-order valence-electron chi connectivity index (χ1n) is 8.72. The topological polar surface area (TPSA) is 55.4 Å². The third-order valence-electron chi connectivity index (χ3n) is 3.48. The fraction of sp³-hybridized carbons (Fsp3) is 0.600. The molecule has 0 aromatic rings. The molecule has 1 N–H and O–H groups in total. The molecule has 0 aliphatic carbocycles. The van der Waals surface area contributed by atoms with Crippen LogP contribution in [0.25, 0.3) is 0 Å². The van der Waals surface area contributed by atoms with E-state index < -0.39 is 5.97 Å². The van der Waals surface area contributed by atoms with Crippen molar-refractivity contribution in [2.75, 3.05) is 13.2 Å². The first-order valence-corrected chi connectivity index (χ1v) is 8.72. The van der Waals surface area contributed by atoms with Gasteiger partial charge in [-0.05, 0) is 60.3 Å². The van der Waals surface area contributed by atoms with Gasteiger partial charge in [0.05, 0.1) is 6.61 Å². The van der Waals surface area contributed by atoms with Crippen molar-refractivity contribution in [2.24, 2.45) is 0 Å². The molecule has 0 spiro atoms. The molecule has 136 valence electrons. The summed E-state index contributed by atoms with van der Waals surface area (Å²) in [7, 11) is 0. The Bertz CT molecular complexity index is 483. The summed E-state index contributed by atoms with van der Waals surface area (Å²) in [4.78, 5) is 22.7. The third kappa shape index (κ3) is 13.8. The predicted molar refractivity (Wildman–Crippen MR) is 99.7 cm³/mol. The largest absolute Gasteiger partial charge is 0.466 e. The van der Waals surface area contributed by atoms with Crippen LogP contribution in [0.1, 0.15) is 66.7 Å². The highest BCUT2D eigenvalue weighted by atomic mass is 16.5. The Morgan fingerprint density at radius 2 is 1.50 bits per heavy atom. The molecular weight excluding hydrogens is 302 g/mol. The SMILES string of the molecule is CCOC(=O)CC(=O)NC/C=C(\C)CC/C=C(\C)CCC=C(C)C. The molecule has 0 unspecified atom stereocenters. The minimum Gasteiger partial charge on any atom is -0.466 e. The van der Waals surface area contributed by atoms with Gasteiger partial charge in [-0.25, -0.2) is 0 Å². The smallest absolute Gasteiger partial charge is 0.315 e. The van der Waals surface area contributed by atoms with Crippen LogP contribution in [0.2, 0.25) is 0 Å². The summed E-state index contributed by atoms with van der Waals surface area (Å²) in [5, 5.41) is 2.70. The van der Waals surface area contributed by atoms with Crippen LogP contribution in [0, 0.1) is 0 Å². The minimum atomic E-state index is -0.482. The van der Waals surface area contributed by atoms with E-state index in [0.29, 0.717) is 13.2 Å². The lowest BCUT2D eigenvalue weighted by atomic mass is 10.1. The van der Waals surface area contributed by atoms with Crippen molar-refractivity contribution in [1.82, 2.24) is 5.32 Å². The quantitative estimate of drug-likeness (QED) is 0.344. The van der Waals surface area contributed by atoms with E-state index in [1.54, 1.807) is 6.92 Å². The summed E-state index contributed by atoms with van der Waals surface area (Å²) in [6.45, 7) is 11.0. The minimum absolute atomic E-state index is 0.214. The molecule has 0 rings (SSSR count). The highest BCUT2D eigenvalue weighted by Gasteiger charge is 2.08. The summed E-state index contributed by atoms with van der Waals surface area (Å²) in [5.41, 5.74) is 4.02. The standard InChI is InChI=1S/C20H33NO3/c1-6-24-20(23)15-19(22)21-14-13-18(5)12-8-11-17(4)10-7-9-16(2)3/h9,11,13H,6-8,10,12,14-15H2,1-5H3,(H,21,22)/b17-11+,18-13+. The van der Waals surface area contributed by atoms with Crippen LogP contribution in [0.5, 0.6) is 0 Å². The lowest BCUT2D eigenvalue weighted by Crippen LogP contribution is -2.26. The molecule has 0 aliphatic rings. The molecule has 4 nitrogen and oxygen atoms in total. The van der Waals surface area contributed by atoms with E-state index in [-0.39, 0.29) is 12.3 Å². The Morgan fingerprint density at radius 3 is 2.08 bits per heavy atom. The Morgan fingerprint density at radius 1 is 0.917 bits per heavy atom. The van der Waals surface area contributed by atoms with Gasteiger partial charge in [0.25, 0.3) is 0 Å². The van der Waals surface area contributed by atoms with E-state index >= 15 is 0 Å². The number of nitrogens with one attached hydrogen (secondary N) is 1. The highest BCUT2D eigenvalue weighted by Crippen LogP contribution is 2.11. The van der Waals surface area contributed by atoms with Crippen LogP contribution >= 0.6 is 0 Å². The molecular formula is C20H33NO3. The van der Waals surface area contributed by atoms with Gasteiger partial charge >= 0.3 is 5.97 Å². The van der Waals surface area contributed by atoms with Crippen molar-refractivity contribution in [3.63, 3.8) is 0 Å². The average Bonchev–Trinajstić information content (AvgIpc) is 2.46. The van der Waals surface area contributed by atoms with Gasteiger partial charge in [0.2, 0.25) is 5.91 Å². The Labute approximate surface area is 147 Å². The maximum absolute atomic E-state index is 11.5. The van der Waals surface area contributed by atoms with Crippen molar-refractivity contribution in [3.8, 4) is 0 Å². The van der Waals surface area contributed by atoms with Gasteiger partial charge in [0.1, 0.15) is 6.42 Å². The highest BCUT2D eigenvalue weighted by molar-refractivity contribution is 5.94. The molecule has 0 aromatic carbocycles. The summed E-state index contributed by atoms with van der Waals surface area (Å²) in [6.07, 6.45) is 10.5. The number of hydrogen-bond donors (Lipinski definition) is 1. The maximum atomic E-state index is 11.5. The maximum Gasteiger partial charge on any atom is 0.315 e. The van der Waals surface area contributed by atoms with Gasteiger partial charge in [0.15, 0.2) is 0 Å². The van der Waals surface area contributed by atoms with E-state index in [9.17, 15) is 9.59 Å². The molecule has 0 bridgehead atoms. The molecule has 0 aliphatic heterocycles. The van der Waals surface area contributed by atoms with Crippen LogP contribution in [-0.2, 0) is 14.3 Å². The number of esters is 1. The second-order valence-electron chi connectivity index (χ2n) is 6.25. The molecule has 1 amide bonds. The molecule has 0 atom stereocenters. The van der Waals surface area contributed by atoms with E-state index in [1.165, 1.54) is 16.7 Å². The number of allylic oxidation sites excluding steroid dienone is 5. The average molecular weight is 335 g/mol. The Kier molecular flexibility index (Phi) is 12.5. The van der Waals surface area contributed by atoms with E-state index in [2.05, 4.69) is 45.2 Å². The fourth-order valence-electron chi connectivity index (χ4n) is 2.08. The zero-order chi connectivity index (χ0) is 18.4. The van der Waals surface area contributed by atoms with E-state index in [1.807, 2.05) is 6.08 Å². The van der Waals surface area contributed by atoms with Gasteiger partial charge in [0, 0.05) is 6.54 Å². The van der Waals surface area contributed by atoms with Gasteiger partial charge in [-0.15, -0.1) is 0 Å². The van der Waals surface area contributed by atoms with Crippen LogP contribution in [0.4, 0.5) is 0 Å². The monoisotopic (exact) mass is 335 g/mol. The van der Waals surface area contributed by atoms with Crippen molar-refractivity contribution >= 4 is 11.9 Å². The molecule has 0 saturated heterocycles. The number of carbonyl (C=O) groups is 2. The van der Waals surface area contributed by atoms with Crippen LogP contribution in [-0.4, -0.2) is 25.0 Å². The van der Waals surface area contributed by atoms with Crippen molar-refractivity contribution in [2.45, 2.75) is 66.7 Å². The number of carbonyl (C=O) groups excluding carboxylic acids is 2. The Hall–Kier alpha value is -1.84. The second kappa shape index (κ2) is 13.6. The fourth-order valence-corrected chi connectivity index (χ4v) is 2.08. The van der Waals surface area contributed by atoms with Crippen molar-refractivity contribution < 1.29 is 14.3 Å². The van der Waals surface area contributed by atoms with Gasteiger partial charge in [-0.3, -0.25) is 9.59 Å². The number of amides is 1. The zero-order valence-corrected chi connectivity index (χ0v) is 15.9. The lowest BCUT2D eigenvalue weighted by molar-refractivity contribution is -0.145. The summed E-state index contributed by atoms with van der Waals surface area (Å²) in [6, 6.07) is 0. The number of ether oxygens (including phenoxy) is 1. The number of hydrogen-bond acceptors (Lipinski definition) is 3. The lowest BCUT2D eigenvalue weighted by Gasteiger charge is -2.04. The third-order valence-corrected chi connectivity index (χ3v) is 3.48. The number of rotatable bonds is 11. The molecule has 0 fully saturated rings. The summed E-state index contributed by atoms with van der Waals surface area (Å²) in [5.74, 6) is -0.781. The first kappa shape index (κ1) is 22.2. The second-order valence-corrected chi connectivity index (χ2v) is 6.25. The van der Waals surface area contributed by atoms with Crippen LogP contribution in [0.15, 0.2) is 34.9 Å². The van der Waals surface area contributed by atoms with Gasteiger partial charge in [-0.2, -0.15) is 0 Å². The Balaban J connectivity index is 3.96. The van der Waals surface area contributed by atoms with Crippen LogP contribution < -0.4 is 5.32 Å². The molecule has 4 heteroatoms. The van der Waals surface area contributed by atoms with Crippen LogP contribution in [0.3, 0.4) is 0 Å². The normalized spacial score (nSPS) is 11.9. The van der Waals surface area contributed by atoms with Gasteiger partial charge < -0.3 is 10.1 Å². The predicted octanol–water partition coefficient (Wildman–Crippen LogP) is 4.48. The van der Waals surface area contributed by atoms with Crippen molar-refractivity contribution in [1.29, 1.82) is 0 Å². The van der Waals surface area contributed by atoms with Gasteiger partial charge in [-0.1, -0.05) is 34.9 Å². The molecule has 0 aromatic heterocycles. The molecule has 0 radical (unpaired) electrons. The molecule has 0 heterocycles.